The van der Waals surface area contributed by atoms with Crippen LogP contribution in [0.2, 0.25) is 0 Å². The molecule has 0 spiro atoms. The van der Waals surface area contributed by atoms with E-state index in [9.17, 15) is 9.59 Å². The summed E-state index contributed by atoms with van der Waals surface area (Å²) in [5, 5.41) is 11.6. The summed E-state index contributed by atoms with van der Waals surface area (Å²) in [5.74, 6) is -1.09. The minimum Gasteiger partial charge on any atom is -0.481 e. The first-order valence-corrected chi connectivity index (χ1v) is 5.35. The third-order valence-electron chi connectivity index (χ3n) is 2.60. The summed E-state index contributed by atoms with van der Waals surface area (Å²) >= 11 is 0. The van der Waals surface area contributed by atoms with Gasteiger partial charge in [-0.1, -0.05) is 0 Å². The minimum absolute atomic E-state index is 0.0245. The van der Waals surface area contributed by atoms with Gasteiger partial charge in [-0.05, 0) is 26.3 Å². The molecule has 1 aliphatic heterocycles. The van der Waals surface area contributed by atoms with Crippen LogP contribution < -0.4 is 5.32 Å². The van der Waals surface area contributed by atoms with Gasteiger partial charge in [0.25, 0.3) is 0 Å². The van der Waals surface area contributed by atoms with E-state index in [-0.39, 0.29) is 11.8 Å². The van der Waals surface area contributed by atoms with Gasteiger partial charge in [0, 0.05) is 13.1 Å². The van der Waals surface area contributed by atoms with Crippen molar-refractivity contribution in [3.05, 3.63) is 0 Å². The molecule has 0 radical (unpaired) electrons. The van der Waals surface area contributed by atoms with Crippen LogP contribution in [0.5, 0.6) is 0 Å². The van der Waals surface area contributed by atoms with Crippen molar-refractivity contribution >= 4 is 11.9 Å². The van der Waals surface area contributed by atoms with Crippen LogP contribution in [0.25, 0.3) is 0 Å². The summed E-state index contributed by atoms with van der Waals surface area (Å²) in [6, 6.07) is 0. The van der Waals surface area contributed by atoms with Gasteiger partial charge in [-0.2, -0.15) is 0 Å². The molecular formula is C10H18N2O3. The number of hydrogen-bond donors (Lipinski definition) is 2. The van der Waals surface area contributed by atoms with Crippen LogP contribution in [0.15, 0.2) is 0 Å². The maximum atomic E-state index is 11.3. The lowest BCUT2D eigenvalue weighted by Gasteiger charge is -2.29. The van der Waals surface area contributed by atoms with Gasteiger partial charge in [0.15, 0.2) is 0 Å². The number of amides is 1. The molecule has 86 valence electrons. The number of carbonyl (C=O) groups excluding carboxylic acids is 1. The van der Waals surface area contributed by atoms with Crippen molar-refractivity contribution < 1.29 is 14.7 Å². The van der Waals surface area contributed by atoms with Crippen LogP contribution in [-0.2, 0) is 9.59 Å². The number of carboxylic acids is 1. The van der Waals surface area contributed by atoms with Crippen LogP contribution in [0, 0.1) is 5.92 Å². The molecule has 15 heavy (non-hydrogen) atoms. The second kappa shape index (κ2) is 5.70. The van der Waals surface area contributed by atoms with Gasteiger partial charge >= 0.3 is 5.97 Å². The van der Waals surface area contributed by atoms with E-state index in [1.807, 2.05) is 11.8 Å². The molecule has 1 amide bonds. The predicted octanol–water partition coefficient (Wildman–Crippen LogP) is -0.0809. The Balaban J connectivity index is 2.36. The monoisotopic (exact) mass is 214 g/mol. The summed E-state index contributed by atoms with van der Waals surface area (Å²) in [6.07, 6.45) is 1.58. The van der Waals surface area contributed by atoms with Crippen molar-refractivity contribution in [3.63, 3.8) is 0 Å². The van der Waals surface area contributed by atoms with Gasteiger partial charge in [0.1, 0.15) is 0 Å². The highest BCUT2D eigenvalue weighted by molar-refractivity contribution is 5.78. The molecule has 1 rings (SSSR count). The molecule has 5 nitrogen and oxygen atoms in total. The first kappa shape index (κ1) is 12.0. The van der Waals surface area contributed by atoms with Gasteiger partial charge in [-0.15, -0.1) is 0 Å². The SMILES string of the molecule is CCNC(=O)CN1CCCC(C(=O)O)C1. The average Bonchev–Trinajstić information content (AvgIpc) is 2.18. The predicted molar refractivity (Wildman–Crippen MR) is 55.5 cm³/mol. The van der Waals surface area contributed by atoms with E-state index in [1.54, 1.807) is 0 Å². The third-order valence-corrected chi connectivity index (χ3v) is 2.60. The molecule has 5 heteroatoms. The number of likely N-dealkylation sites (N-methyl/N-ethyl adjacent to an activating group) is 1. The van der Waals surface area contributed by atoms with Gasteiger partial charge in [0.05, 0.1) is 12.5 Å². The maximum absolute atomic E-state index is 11.3. The van der Waals surface area contributed by atoms with E-state index in [2.05, 4.69) is 5.32 Å². The second-order valence-corrected chi connectivity index (χ2v) is 3.87. The molecular weight excluding hydrogens is 196 g/mol. The van der Waals surface area contributed by atoms with Crippen LogP contribution in [0.3, 0.4) is 0 Å². The smallest absolute Gasteiger partial charge is 0.307 e. The molecule has 1 atom stereocenters. The molecule has 2 N–H and O–H groups in total. The summed E-state index contributed by atoms with van der Waals surface area (Å²) in [6.45, 7) is 4.12. The lowest BCUT2D eigenvalue weighted by Crippen LogP contribution is -2.44. The van der Waals surface area contributed by atoms with Crippen molar-refractivity contribution in [2.75, 3.05) is 26.2 Å². The largest absolute Gasteiger partial charge is 0.481 e. The molecule has 1 fully saturated rings. The van der Waals surface area contributed by atoms with Gasteiger partial charge < -0.3 is 10.4 Å². The molecule has 1 unspecified atom stereocenters. The van der Waals surface area contributed by atoms with E-state index in [4.69, 9.17) is 5.11 Å². The van der Waals surface area contributed by atoms with Crippen molar-refractivity contribution in [2.24, 2.45) is 5.92 Å². The number of carboxylic acid groups (broad SMARTS) is 1. The molecule has 0 bridgehead atoms. The van der Waals surface area contributed by atoms with Crippen molar-refractivity contribution in [2.45, 2.75) is 19.8 Å². The van der Waals surface area contributed by atoms with Crippen LogP contribution in [-0.4, -0.2) is 48.1 Å². The fraction of sp³-hybridized carbons (Fsp3) is 0.800. The first-order chi connectivity index (χ1) is 7.13. The highest BCUT2D eigenvalue weighted by Gasteiger charge is 2.25. The Morgan fingerprint density at radius 2 is 2.27 bits per heavy atom. The summed E-state index contributed by atoms with van der Waals surface area (Å²) < 4.78 is 0. The number of nitrogens with zero attached hydrogens (tertiary/aromatic N) is 1. The van der Waals surface area contributed by atoms with E-state index < -0.39 is 5.97 Å². The topological polar surface area (TPSA) is 69.6 Å². The summed E-state index contributed by atoms with van der Waals surface area (Å²) in [4.78, 5) is 24.0. The lowest BCUT2D eigenvalue weighted by molar-refractivity contribution is -0.144. The normalized spacial score (nSPS) is 22.3. The lowest BCUT2D eigenvalue weighted by atomic mass is 9.98. The van der Waals surface area contributed by atoms with E-state index >= 15 is 0 Å². The number of likely N-dealkylation sites (tertiary alicyclic amines) is 1. The number of nitrogens with one attached hydrogen (secondary N) is 1. The zero-order valence-electron chi connectivity index (χ0n) is 9.03. The van der Waals surface area contributed by atoms with E-state index in [1.165, 1.54) is 0 Å². The Morgan fingerprint density at radius 1 is 1.53 bits per heavy atom. The fourth-order valence-corrected chi connectivity index (χ4v) is 1.86. The minimum atomic E-state index is -0.754. The van der Waals surface area contributed by atoms with Crippen molar-refractivity contribution in [1.29, 1.82) is 0 Å². The molecule has 1 aliphatic rings. The Bertz CT molecular complexity index is 243. The van der Waals surface area contributed by atoms with Gasteiger partial charge in [-0.25, -0.2) is 0 Å². The van der Waals surface area contributed by atoms with Crippen molar-refractivity contribution in [1.82, 2.24) is 10.2 Å². The highest BCUT2D eigenvalue weighted by atomic mass is 16.4. The molecule has 0 aromatic heterocycles. The van der Waals surface area contributed by atoms with Gasteiger partial charge in [-0.3, -0.25) is 14.5 Å². The maximum Gasteiger partial charge on any atom is 0.307 e. The highest BCUT2D eigenvalue weighted by Crippen LogP contribution is 2.15. The number of piperidine rings is 1. The van der Waals surface area contributed by atoms with E-state index in [0.717, 1.165) is 19.4 Å². The number of rotatable bonds is 4. The Kier molecular flexibility index (Phi) is 4.55. The number of carbonyl (C=O) groups is 2. The quantitative estimate of drug-likeness (QED) is 0.686. The standard InChI is InChI=1S/C10H18N2O3/c1-2-11-9(13)7-12-5-3-4-8(6-12)10(14)15/h8H,2-7H2,1H3,(H,11,13)(H,14,15). The zero-order chi connectivity index (χ0) is 11.3. The second-order valence-electron chi connectivity index (χ2n) is 3.87. The molecule has 0 saturated carbocycles. The van der Waals surface area contributed by atoms with E-state index in [0.29, 0.717) is 19.6 Å². The van der Waals surface area contributed by atoms with Crippen LogP contribution in [0.1, 0.15) is 19.8 Å². The molecule has 0 aliphatic carbocycles. The molecule has 0 aromatic rings. The molecule has 1 heterocycles. The first-order valence-electron chi connectivity index (χ1n) is 5.35. The zero-order valence-corrected chi connectivity index (χ0v) is 9.03. The summed E-state index contributed by atoms with van der Waals surface area (Å²) in [5.41, 5.74) is 0. The van der Waals surface area contributed by atoms with Crippen LogP contribution >= 0.6 is 0 Å². The third kappa shape index (κ3) is 3.87. The number of hydrogen-bond acceptors (Lipinski definition) is 3. The molecule has 0 aromatic carbocycles. The van der Waals surface area contributed by atoms with Gasteiger partial charge in [0.2, 0.25) is 5.91 Å². The van der Waals surface area contributed by atoms with Crippen LogP contribution in [0.4, 0.5) is 0 Å². The Hall–Kier alpha value is -1.10. The fourth-order valence-electron chi connectivity index (χ4n) is 1.86. The number of aliphatic carboxylic acids is 1. The summed E-state index contributed by atoms with van der Waals surface area (Å²) in [7, 11) is 0. The Morgan fingerprint density at radius 3 is 2.87 bits per heavy atom. The average molecular weight is 214 g/mol. The molecule has 1 saturated heterocycles. The van der Waals surface area contributed by atoms with Crippen molar-refractivity contribution in [3.8, 4) is 0 Å². The Labute approximate surface area is 89.4 Å².